The molecule has 0 aliphatic carbocycles. The Hall–Kier alpha value is -1.69. The summed E-state index contributed by atoms with van der Waals surface area (Å²) in [6.07, 6.45) is -0.159. The maximum absolute atomic E-state index is 12.4. The van der Waals surface area contributed by atoms with E-state index in [1.165, 1.54) is 0 Å². The summed E-state index contributed by atoms with van der Waals surface area (Å²) in [6.45, 7) is -0.0617. The molecule has 0 amide bonds. The van der Waals surface area contributed by atoms with E-state index in [2.05, 4.69) is 5.32 Å². The second-order valence-electron chi connectivity index (χ2n) is 5.91. The highest BCUT2D eigenvalue weighted by molar-refractivity contribution is 7.45. The minimum atomic E-state index is -2.61. The van der Waals surface area contributed by atoms with Crippen molar-refractivity contribution in [1.29, 1.82) is 0 Å². The van der Waals surface area contributed by atoms with Crippen molar-refractivity contribution in [2.45, 2.75) is 24.7 Å². The third-order valence-corrected chi connectivity index (χ3v) is 6.16. The molecule has 1 aliphatic heterocycles. The van der Waals surface area contributed by atoms with E-state index in [0.29, 0.717) is 0 Å². The van der Waals surface area contributed by atoms with E-state index in [-0.39, 0.29) is 25.5 Å². The maximum Gasteiger partial charge on any atom is 0.320 e. The van der Waals surface area contributed by atoms with E-state index in [9.17, 15) is 24.4 Å². The van der Waals surface area contributed by atoms with Gasteiger partial charge in [0.1, 0.15) is 19.7 Å². The van der Waals surface area contributed by atoms with Crippen LogP contribution >= 0.6 is 7.80 Å². The molecule has 0 aromatic heterocycles. The Morgan fingerprint density at radius 3 is 2.48 bits per heavy atom. The fourth-order valence-electron chi connectivity index (χ4n) is 2.80. The van der Waals surface area contributed by atoms with E-state index < -0.39 is 37.0 Å². The van der Waals surface area contributed by atoms with Gasteiger partial charge in [0.15, 0.2) is 0 Å². The smallest absolute Gasteiger partial charge is 0.320 e. The summed E-state index contributed by atoms with van der Waals surface area (Å²) in [4.78, 5) is 22.6. The number of aliphatic carboxylic acids is 2. The van der Waals surface area contributed by atoms with Crippen molar-refractivity contribution < 1.29 is 29.5 Å². The van der Waals surface area contributed by atoms with Gasteiger partial charge < -0.3 is 25.2 Å². The molecule has 4 atom stereocenters. The Labute approximate surface area is 134 Å². The number of hydrogen-bond acceptors (Lipinski definition) is 5. The molecule has 1 aromatic rings. The van der Waals surface area contributed by atoms with Crippen LogP contribution in [0.1, 0.15) is 12.0 Å². The first-order chi connectivity index (χ1) is 10.8. The molecule has 1 aliphatic rings. The molecule has 126 valence electrons. The van der Waals surface area contributed by atoms with Gasteiger partial charge in [0.05, 0.1) is 5.41 Å². The monoisotopic (exact) mass is 341 g/mol. The zero-order valence-electron chi connectivity index (χ0n) is 12.4. The standard InChI is InChI=1S/C15H20NO6P/c17-12(6-10-4-2-1-3-5-10)23(22)9-15(14(20)21)7-11(13(18)19)16-8-15/h1-5,11-12,16-17,23H,6-9H2,(H,18,19)(H,20,21). The first-order valence-corrected chi connectivity index (χ1v) is 8.98. The second-order valence-corrected chi connectivity index (χ2v) is 7.86. The van der Waals surface area contributed by atoms with Gasteiger partial charge in [-0.05, 0) is 12.0 Å². The van der Waals surface area contributed by atoms with Crippen molar-refractivity contribution in [2.75, 3.05) is 12.7 Å². The summed E-state index contributed by atoms with van der Waals surface area (Å²) in [7, 11) is -2.61. The van der Waals surface area contributed by atoms with Crippen molar-refractivity contribution in [3.05, 3.63) is 35.9 Å². The molecule has 4 N–H and O–H groups in total. The molecule has 1 fully saturated rings. The van der Waals surface area contributed by atoms with Crippen LogP contribution < -0.4 is 5.32 Å². The van der Waals surface area contributed by atoms with Gasteiger partial charge in [0.25, 0.3) is 0 Å². The van der Waals surface area contributed by atoms with Gasteiger partial charge in [-0.2, -0.15) is 0 Å². The van der Waals surface area contributed by atoms with Crippen LogP contribution in [0.3, 0.4) is 0 Å². The van der Waals surface area contributed by atoms with Gasteiger partial charge in [-0.1, -0.05) is 30.3 Å². The van der Waals surface area contributed by atoms with Crippen molar-refractivity contribution >= 4 is 19.7 Å². The van der Waals surface area contributed by atoms with Crippen LogP contribution in [-0.2, 0) is 20.6 Å². The highest BCUT2D eigenvalue weighted by atomic mass is 31.1. The molecule has 23 heavy (non-hydrogen) atoms. The van der Waals surface area contributed by atoms with Crippen LogP contribution in [-0.4, -0.2) is 51.9 Å². The number of carbonyl (C=O) groups is 2. The minimum absolute atomic E-state index is 0.0617. The van der Waals surface area contributed by atoms with E-state index in [0.717, 1.165) is 5.56 Å². The lowest BCUT2D eigenvalue weighted by Crippen LogP contribution is -2.36. The number of rotatable bonds is 7. The molecular weight excluding hydrogens is 321 g/mol. The molecule has 1 aromatic carbocycles. The molecule has 2 rings (SSSR count). The molecule has 4 unspecified atom stereocenters. The fourth-order valence-corrected chi connectivity index (χ4v) is 4.59. The van der Waals surface area contributed by atoms with Crippen LogP contribution in [0.4, 0.5) is 0 Å². The molecular formula is C15H20NO6P. The van der Waals surface area contributed by atoms with E-state index >= 15 is 0 Å². The third-order valence-electron chi connectivity index (χ3n) is 4.19. The Bertz CT molecular complexity index is 607. The first kappa shape index (κ1) is 17.7. The Morgan fingerprint density at radius 1 is 1.30 bits per heavy atom. The van der Waals surface area contributed by atoms with Gasteiger partial charge in [-0.25, -0.2) is 0 Å². The lowest BCUT2D eigenvalue weighted by molar-refractivity contribution is -0.146. The minimum Gasteiger partial charge on any atom is -0.481 e. The zero-order chi connectivity index (χ0) is 17.0. The van der Waals surface area contributed by atoms with Crippen LogP contribution in [0, 0.1) is 5.41 Å². The zero-order valence-corrected chi connectivity index (χ0v) is 13.4. The quantitative estimate of drug-likeness (QED) is 0.536. The maximum atomic E-state index is 12.4. The number of carboxylic acid groups (broad SMARTS) is 2. The van der Waals surface area contributed by atoms with Crippen LogP contribution in [0.5, 0.6) is 0 Å². The SMILES string of the molecule is O=C(O)C1CC(C[PH](=O)C(O)Cc2ccccc2)(C(=O)O)CN1. The average molecular weight is 341 g/mol. The van der Waals surface area contributed by atoms with Crippen molar-refractivity contribution in [2.24, 2.45) is 5.41 Å². The van der Waals surface area contributed by atoms with Crippen LogP contribution in [0.2, 0.25) is 0 Å². The largest absolute Gasteiger partial charge is 0.481 e. The van der Waals surface area contributed by atoms with Crippen molar-refractivity contribution in [1.82, 2.24) is 5.32 Å². The molecule has 8 heteroatoms. The number of benzene rings is 1. The van der Waals surface area contributed by atoms with E-state index in [1.54, 1.807) is 24.3 Å². The molecule has 0 bridgehead atoms. The van der Waals surface area contributed by atoms with Crippen LogP contribution in [0.15, 0.2) is 30.3 Å². The summed E-state index contributed by atoms with van der Waals surface area (Å²) in [5, 5.41) is 31.2. The predicted octanol–water partition coefficient (Wildman–Crippen LogP) is 0.625. The summed E-state index contributed by atoms with van der Waals surface area (Å²) >= 11 is 0. The summed E-state index contributed by atoms with van der Waals surface area (Å²) in [6, 6.07) is 8.06. The second kappa shape index (κ2) is 7.25. The predicted molar refractivity (Wildman–Crippen MR) is 84.1 cm³/mol. The van der Waals surface area contributed by atoms with Crippen LogP contribution in [0.25, 0.3) is 0 Å². The number of aliphatic hydroxyl groups excluding tert-OH is 1. The molecule has 1 saturated heterocycles. The summed E-state index contributed by atoms with van der Waals surface area (Å²) in [5.74, 6) is -3.43. The van der Waals surface area contributed by atoms with Crippen molar-refractivity contribution in [3.8, 4) is 0 Å². The number of carboxylic acids is 2. The van der Waals surface area contributed by atoms with Gasteiger partial charge in [0, 0.05) is 19.1 Å². The molecule has 7 nitrogen and oxygen atoms in total. The van der Waals surface area contributed by atoms with Gasteiger partial charge >= 0.3 is 11.9 Å². The number of nitrogens with one attached hydrogen (secondary N) is 1. The van der Waals surface area contributed by atoms with E-state index in [4.69, 9.17) is 5.11 Å². The molecule has 0 spiro atoms. The van der Waals surface area contributed by atoms with Crippen molar-refractivity contribution in [3.63, 3.8) is 0 Å². The fraction of sp³-hybridized carbons (Fsp3) is 0.467. The molecule has 0 saturated carbocycles. The average Bonchev–Trinajstić information content (AvgIpc) is 2.94. The van der Waals surface area contributed by atoms with Gasteiger partial charge in [0.2, 0.25) is 0 Å². The Kier molecular flexibility index (Phi) is 5.57. The topological polar surface area (TPSA) is 124 Å². The lowest BCUT2D eigenvalue weighted by atomic mass is 9.88. The highest BCUT2D eigenvalue weighted by Gasteiger charge is 2.49. The molecule has 0 radical (unpaired) electrons. The number of hydrogen-bond donors (Lipinski definition) is 4. The third kappa shape index (κ3) is 4.19. The molecule has 1 heterocycles. The van der Waals surface area contributed by atoms with Gasteiger partial charge in [-0.15, -0.1) is 0 Å². The first-order valence-electron chi connectivity index (χ1n) is 7.28. The number of aliphatic hydroxyl groups is 1. The highest BCUT2D eigenvalue weighted by Crippen LogP contribution is 2.41. The summed E-state index contributed by atoms with van der Waals surface area (Å²) in [5.41, 5.74) is -0.591. The summed E-state index contributed by atoms with van der Waals surface area (Å²) < 4.78 is 12.4. The Morgan fingerprint density at radius 2 is 1.96 bits per heavy atom. The normalized spacial score (nSPS) is 26.6. The Balaban J connectivity index is 2.04. The lowest BCUT2D eigenvalue weighted by Gasteiger charge is -2.24. The van der Waals surface area contributed by atoms with E-state index in [1.807, 2.05) is 6.07 Å². The van der Waals surface area contributed by atoms with Gasteiger partial charge in [-0.3, -0.25) is 9.59 Å².